The maximum atomic E-state index is 6.35. The molecule has 1 heteroatoms. The Morgan fingerprint density at radius 2 is 1.28 bits per heavy atom. The number of hydrogen-bond donors (Lipinski definition) is 0. The van der Waals surface area contributed by atoms with E-state index in [9.17, 15) is 0 Å². The van der Waals surface area contributed by atoms with E-state index in [1.54, 1.807) is 0 Å². The van der Waals surface area contributed by atoms with Crippen LogP contribution in [0.1, 0.15) is 25.0 Å². The highest BCUT2D eigenvalue weighted by atomic mass is 16.3. The first-order chi connectivity index (χ1) is 15.6. The predicted molar refractivity (Wildman–Crippen MR) is 134 cm³/mol. The molecule has 32 heavy (non-hydrogen) atoms. The van der Waals surface area contributed by atoms with E-state index in [1.165, 1.54) is 54.9 Å². The van der Waals surface area contributed by atoms with E-state index >= 15 is 0 Å². The Bertz CT molecular complexity index is 1690. The van der Waals surface area contributed by atoms with Crippen LogP contribution in [-0.4, -0.2) is 0 Å². The summed E-state index contributed by atoms with van der Waals surface area (Å²) < 4.78 is 6.35. The van der Waals surface area contributed by atoms with Crippen molar-refractivity contribution in [2.24, 2.45) is 0 Å². The van der Waals surface area contributed by atoms with Gasteiger partial charge >= 0.3 is 0 Å². The molecular weight excluding hydrogens is 388 g/mol. The molecule has 0 saturated heterocycles. The maximum absolute atomic E-state index is 6.35. The van der Waals surface area contributed by atoms with Crippen LogP contribution in [0.4, 0.5) is 0 Å². The lowest BCUT2D eigenvalue weighted by Crippen LogP contribution is -2.14. The molecule has 0 atom stereocenters. The van der Waals surface area contributed by atoms with Gasteiger partial charge in [0.05, 0.1) is 0 Å². The molecule has 0 amide bonds. The lowest BCUT2D eigenvalue weighted by molar-refractivity contribution is 0.647. The summed E-state index contributed by atoms with van der Waals surface area (Å²) in [6.07, 6.45) is 0. The molecule has 0 fully saturated rings. The van der Waals surface area contributed by atoms with Gasteiger partial charge in [0.15, 0.2) is 0 Å². The smallest absolute Gasteiger partial charge is 0.135 e. The number of furan rings is 1. The van der Waals surface area contributed by atoms with Crippen LogP contribution in [0.5, 0.6) is 0 Å². The minimum absolute atomic E-state index is 0.0206. The summed E-state index contributed by atoms with van der Waals surface area (Å²) >= 11 is 0. The second-order valence-electron chi connectivity index (χ2n) is 9.40. The van der Waals surface area contributed by atoms with Crippen molar-refractivity contribution in [3.8, 4) is 22.3 Å². The van der Waals surface area contributed by atoms with Crippen LogP contribution in [0, 0.1) is 0 Å². The van der Waals surface area contributed by atoms with E-state index in [4.69, 9.17) is 4.42 Å². The third-order valence-corrected chi connectivity index (χ3v) is 7.27. The van der Waals surface area contributed by atoms with Crippen molar-refractivity contribution in [1.29, 1.82) is 0 Å². The number of benzene rings is 5. The lowest BCUT2D eigenvalue weighted by atomic mass is 9.82. The summed E-state index contributed by atoms with van der Waals surface area (Å²) in [5.41, 5.74) is 9.78. The van der Waals surface area contributed by atoms with Gasteiger partial charge in [0.2, 0.25) is 0 Å². The van der Waals surface area contributed by atoms with Crippen LogP contribution in [0.25, 0.3) is 55.0 Å². The standard InChI is InChI=1S/C31H22O/c1-31(2)27-13-6-5-11-23(27)24-17-26-25-16-20(14-15-29(25)32-30(26)18-28(24)31)22-12-7-9-19-8-3-4-10-21(19)22/h3-18H,1-2H3. The van der Waals surface area contributed by atoms with Crippen LogP contribution >= 0.6 is 0 Å². The average Bonchev–Trinajstić information content (AvgIpc) is 3.29. The molecule has 0 saturated carbocycles. The highest BCUT2D eigenvalue weighted by Crippen LogP contribution is 2.50. The molecular formula is C31H22O. The Morgan fingerprint density at radius 3 is 2.22 bits per heavy atom. The van der Waals surface area contributed by atoms with Gasteiger partial charge in [-0.3, -0.25) is 0 Å². The molecule has 5 aromatic carbocycles. The first-order valence-electron chi connectivity index (χ1n) is 11.2. The molecule has 1 aromatic heterocycles. The summed E-state index contributed by atoms with van der Waals surface area (Å²) in [6, 6.07) is 35.1. The van der Waals surface area contributed by atoms with Crippen LogP contribution < -0.4 is 0 Å². The molecule has 0 radical (unpaired) electrons. The highest BCUT2D eigenvalue weighted by molar-refractivity contribution is 6.10. The largest absolute Gasteiger partial charge is 0.456 e. The Balaban J connectivity index is 1.51. The second kappa shape index (κ2) is 6.11. The quantitative estimate of drug-likeness (QED) is 0.264. The first kappa shape index (κ1) is 17.8. The van der Waals surface area contributed by atoms with Gasteiger partial charge < -0.3 is 4.42 Å². The SMILES string of the molecule is CC1(C)c2ccccc2-c2cc3c(cc21)oc1ccc(-c2cccc4ccccc24)cc13. The third kappa shape index (κ3) is 2.28. The molecule has 6 aromatic rings. The molecule has 1 aliphatic carbocycles. The summed E-state index contributed by atoms with van der Waals surface area (Å²) in [4.78, 5) is 0. The normalized spacial score (nSPS) is 14.2. The molecule has 0 N–H and O–H groups in total. The van der Waals surface area contributed by atoms with Gasteiger partial charge in [-0.05, 0) is 68.4 Å². The number of hydrogen-bond acceptors (Lipinski definition) is 1. The van der Waals surface area contributed by atoms with Crippen LogP contribution in [-0.2, 0) is 5.41 Å². The number of fused-ring (bicyclic) bond motifs is 7. The Labute approximate surface area is 186 Å². The zero-order valence-corrected chi connectivity index (χ0v) is 18.1. The molecule has 0 spiro atoms. The molecule has 0 aliphatic heterocycles. The van der Waals surface area contributed by atoms with E-state index < -0.39 is 0 Å². The third-order valence-electron chi connectivity index (χ3n) is 7.27. The summed E-state index contributed by atoms with van der Waals surface area (Å²) in [6.45, 7) is 4.62. The van der Waals surface area contributed by atoms with E-state index in [-0.39, 0.29) is 5.41 Å². The highest BCUT2D eigenvalue weighted by Gasteiger charge is 2.35. The summed E-state index contributed by atoms with van der Waals surface area (Å²) in [5.74, 6) is 0. The van der Waals surface area contributed by atoms with Gasteiger partial charge in [0.1, 0.15) is 11.2 Å². The molecule has 1 aliphatic rings. The minimum atomic E-state index is -0.0206. The van der Waals surface area contributed by atoms with Crippen molar-refractivity contribution < 1.29 is 4.42 Å². The van der Waals surface area contributed by atoms with Gasteiger partial charge in [0, 0.05) is 16.2 Å². The van der Waals surface area contributed by atoms with Crippen LogP contribution in [0.3, 0.4) is 0 Å². The monoisotopic (exact) mass is 410 g/mol. The van der Waals surface area contributed by atoms with E-state index in [0.29, 0.717) is 0 Å². The van der Waals surface area contributed by atoms with E-state index in [0.717, 1.165) is 11.2 Å². The van der Waals surface area contributed by atoms with E-state index in [1.807, 2.05) is 0 Å². The van der Waals surface area contributed by atoms with Gasteiger partial charge in [-0.1, -0.05) is 86.6 Å². The Kier molecular flexibility index (Phi) is 3.40. The van der Waals surface area contributed by atoms with Gasteiger partial charge in [0.25, 0.3) is 0 Å². The van der Waals surface area contributed by atoms with Gasteiger partial charge in [-0.15, -0.1) is 0 Å². The zero-order chi connectivity index (χ0) is 21.4. The van der Waals surface area contributed by atoms with Crippen molar-refractivity contribution in [1.82, 2.24) is 0 Å². The van der Waals surface area contributed by atoms with Gasteiger partial charge in [-0.2, -0.15) is 0 Å². The fourth-order valence-corrected chi connectivity index (χ4v) is 5.62. The Hall–Kier alpha value is -3.84. The van der Waals surface area contributed by atoms with Gasteiger partial charge in [-0.25, -0.2) is 0 Å². The van der Waals surface area contributed by atoms with Crippen molar-refractivity contribution in [3.05, 3.63) is 108 Å². The molecule has 1 nitrogen and oxygen atoms in total. The van der Waals surface area contributed by atoms with Crippen molar-refractivity contribution >= 4 is 32.7 Å². The molecule has 0 bridgehead atoms. The second-order valence-corrected chi connectivity index (χ2v) is 9.40. The van der Waals surface area contributed by atoms with E-state index in [2.05, 4.69) is 111 Å². The lowest BCUT2D eigenvalue weighted by Gasteiger charge is -2.21. The predicted octanol–water partition coefficient (Wildman–Crippen LogP) is 8.71. The van der Waals surface area contributed by atoms with Crippen molar-refractivity contribution in [2.75, 3.05) is 0 Å². The topological polar surface area (TPSA) is 13.1 Å². The van der Waals surface area contributed by atoms with Crippen molar-refractivity contribution in [2.45, 2.75) is 19.3 Å². The molecule has 0 unspecified atom stereocenters. The Morgan fingerprint density at radius 1 is 0.531 bits per heavy atom. The molecule has 1 heterocycles. The summed E-state index contributed by atoms with van der Waals surface area (Å²) in [5, 5.41) is 4.90. The fraction of sp³-hybridized carbons (Fsp3) is 0.0968. The zero-order valence-electron chi connectivity index (χ0n) is 18.1. The minimum Gasteiger partial charge on any atom is -0.456 e. The molecule has 7 rings (SSSR count). The maximum Gasteiger partial charge on any atom is 0.135 e. The fourth-order valence-electron chi connectivity index (χ4n) is 5.62. The summed E-state index contributed by atoms with van der Waals surface area (Å²) in [7, 11) is 0. The van der Waals surface area contributed by atoms with Crippen LogP contribution in [0.2, 0.25) is 0 Å². The molecule has 152 valence electrons. The number of rotatable bonds is 1. The average molecular weight is 411 g/mol. The van der Waals surface area contributed by atoms with Crippen molar-refractivity contribution in [3.63, 3.8) is 0 Å². The van der Waals surface area contributed by atoms with Crippen LogP contribution in [0.15, 0.2) is 101 Å². The first-order valence-corrected chi connectivity index (χ1v) is 11.2.